The highest BCUT2D eigenvalue weighted by Gasteiger charge is 1.98. The molecule has 3 heteroatoms. The Bertz CT molecular complexity index is 450. The lowest BCUT2D eigenvalue weighted by Crippen LogP contribution is -1.95. The molecular weight excluding hydrogens is 222 g/mol. The van der Waals surface area contributed by atoms with E-state index in [0.29, 0.717) is 11.6 Å². The molecule has 0 aliphatic heterocycles. The normalized spacial score (nSPS) is 10.1. The van der Waals surface area contributed by atoms with Crippen molar-refractivity contribution in [1.82, 2.24) is 4.98 Å². The Morgan fingerprint density at radius 2 is 2.19 bits per heavy atom. The zero-order chi connectivity index (χ0) is 11.4. The molecule has 82 valence electrons. The Labute approximate surface area is 99.9 Å². The van der Waals surface area contributed by atoms with Gasteiger partial charge in [-0.25, -0.2) is 0 Å². The smallest absolute Gasteiger partial charge is 0.121 e. The lowest BCUT2D eigenvalue weighted by Gasteiger charge is -2.07. The van der Waals surface area contributed by atoms with Gasteiger partial charge in [0.25, 0.3) is 0 Å². The quantitative estimate of drug-likeness (QED) is 0.808. The van der Waals surface area contributed by atoms with Gasteiger partial charge in [-0.05, 0) is 36.8 Å². The van der Waals surface area contributed by atoms with Gasteiger partial charge >= 0.3 is 0 Å². The fourth-order valence-corrected chi connectivity index (χ4v) is 1.72. The van der Waals surface area contributed by atoms with Crippen molar-refractivity contribution in [2.75, 3.05) is 0 Å². The van der Waals surface area contributed by atoms with E-state index >= 15 is 0 Å². The molecular formula is C13H12ClNO. The fraction of sp³-hybridized carbons (Fsp3) is 0.154. The largest absolute Gasteiger partial charge is 0.489 e. The molecule has 0 bridgehead atoms. The molecule has 0 radical (unpaired) electrons. The number of ether oxygens (including phenoxy) is 1. The molecule has 0 saturated carbocycles. The average Bonchev–Trinajstić information content (AvgIpc) is 2.27. The summed E-state index contributed by atoms with van der Waals surface area (Å²) in [5.74, 6) is 0.786. The molecule has 2 aromatic rings. The van der Waals surface area contributed by atoms with Crippen molar-refractivity contribution < 1.29 is 4.74 Å². The van der Waals surface area contributed by atoms with Crippen LogP contribution in [0.3, 0.4) is 0 Å². The predicted molar refractivity (Wildman–Crippen MR) is 64.8 cm³/mol. The van der Waals surface area contributed by atoms with Crippen molar-refractivity contribution in [3.8, 4) is 5.75 Å². The van der Waals surface area contributed by atoms with Crippen LogP contribution in [0.15, 0.2) is 42.7 Å². The van der Waals surface area contributed by atoms with E-state index in [2.05, 4.69) is 4.98 Å². The van der Waals surface area contributed by atoms with Crippen LogP contribution in [0.1, 0.15) is 11.1 Å². The minimum Gasteiger partial charge on any atom is -0.489 e. The van der Waals surface area contributed by atoms with E-state index in [4.69, 9.17) is 16.3 Å². The first kappa shape index (κ1) is 11.0. The molecule has 0 aliphatic carbocycles. The standard InChI is InChI=1S/C13H12ClNO/c1-10-5-12(14)7-13(6-10)16-9-11-3-2-4-15-8-11/h2-8H,9H2,1H3. The van der Waals surface area contributed by atoms with Crippen LogP contribution >= 0.6 is 11.6 Å². The number of halogens is 1. The topological polar surface area (TPSA) is 22.1 Å². The molecule has 16 heavy (non-hydrogen) atoms. The zero-order valence-electron chi connectivity index (χ0n) is 8.98. The third-order valence-electron chi connectivity index (χ3n) is 2.14. The number of aryl methyl sites for hydroxylation is 1. The van der Waals surface area contributed by atoms with Crippen LogP contribution in [0.25, 0.3) is 0 Å². The van der Waals surface area contributed by atoms with Gasteiger partial charge in [-0.1, -0.05) is 17.7 Å². The summed E-state index contributed by atoms with van der Waals surface area (Å²) in [7, 11) is 0. The molecule has 0 aliphatic rings. The van der Waals surface area contributed by atoms with E-state index in [0.717, 1.165) is 16.9 Å². The van der Waals surface area contributed by atoms with Gasteiger partial charge in [-0.2, -0.15) is 0 Å². The van der Waals surface area contributed by atoms with Crippen LogP contribution < -0.4 is 4.74 Å². The van der Waals surface area contributed by atoms with Crippen LogP contribution in [0.2, 0.25) is 5.02 Å². The van der Waals surface area contributed by atoms with E-state index < -0.39 is 0 Å². The lowest BCUT2D eigenvalue weighted by atomic mass is 10.2. The second kappa shape index (κ2) is 4.99. The molecule has 0 spiro atoms. The molecule has 2 rings (SSSR count). The van der Waals surface area contributed by atoms with Gasteiger partial charge in [0.2, 0.25) is 0 Å². The highest BCUT2D eigenvalue weighted by atomic mass is 35.5. The minimum atomic E-state index is 0.508. The number of nitrogens with zero attached hydrogens (tertiary/aromatic N) is 1. The molecule has 1 aromatic heterocycles. The molecule has 0 N–H and O–H groups in total. The Morgan fingerprint density at radius 1 is 1.31 bits per heavy atom. The number of pyridine rings is 1. The second-order valence-electron chi connectivity index (χ2n) is 3.61. The summed E-state index contributed by atoms with van der Waals surface area (Å²) < 4.78 is 5.63. The van der Waals surface area contributed by atoms with Gasteiger partial charge in [0.05, 0.1) is 0 Å². The van der Waals surface area contributed by atoms with Crippen LogP contribution in [0, 0.1) is 6.92 Å². The van der Waals surface area contributed by atoms with Crippen molar-refractivity contribution in [2.45, 2.75) is 13.5 Å². The van der Waals surface area contributed by atoms with Crippen molar-refractivity contribution in [2.24, 2.45) is 0 Å². The lowest BCUT2D eigenvalue weighted by molar-refractivity contribution is 0.305. The first-order valence-corrected chi connectivity index (χ1v) is 5.41. The minimum absolute atomic E-state index is 0.508. The number of benzene rings is 1. The van der Waals surface area contributed by atoms with E-state index in [9.17, 15) is 0 Å². The van der Waals surface area contributed by atoms with Crippen molar-refractivity contribution in [3.05, 3.63) is 58.9 Å². The summed E-state index contributed by atoms with van der Waals surface area (Å²) in [6.07, 6.45) is 3.53. The maximum atomic E-state index is 5.94. The molecule has 1 heterocycles. The summed E-state index contributed by atoms with van der Waals surface area (Å²) in [4.78, 5) is 4.03. The zero-order valence-corrected chi connectivity index (χ0v) is 9.74. The van der Waals surface area contributed by atoms with Crippen LogP contribution in [-0.4, -0.2) is 4.98 Å². The first-order valence-electron chi connectivity index (χ1n) is 5.03. The van der Waals surface area contributed by atoms with Crippen LogP contribution in [-0.2, 0) is 6.61 Å². The molecule has 0 fully saturated rings. The average molecular weight is 234 g/mol. The summed E-state index contributed by atoms with van der Waals surface area (Å²) in [5, 5.41) is 0.696. The number of aromatic nitrogens is 1. The molecule has 0 saturated heterocycles. The maximum Gasteiger partial charge on any atom is 0.121 e. The summed E-state index contributed by atoms with van der Waals surface area (Å²) in [6.45, 7) is 2.50. The summed E-state index contributed by atoms with van der Waals surface area (Å²) in [6, 6.07) is 9.54. The highest BCUT2D eigenvalue weighted by Crippen LogP contribution is 2.21. The van der Waals surface area contributed by atoms with Crippen LogP contribution in [0.4, 0.5) is 0 Å². The number of hydrogen-bond donors (Lipinski definition) is 0. The molecule has 0 unspecified atom stereocenters. The summed E-state index contributed by atoms with van der Waals surface area (Å²) in [5.41, 5.74) is 2.13. The van der Waals surface area contributed by atoms with Gasteiger partial charge in [-0.3, -0.25) is 4.98 Å². The van der Waals surface area contributed by atoms with Crippen molar-refractivity contribution in [1.29, 1.82) is 0 Å². The van der Waals surface area contributed by atoms with Gasteiger partial charge < -0.3 is 4.74 Å². The third kappa shape index (κ3) is 2.97. The highest BCUT2D eigenvalue weighted by molar-refractivity contribution is 6.30. The number of rotatable bonds is 3. The Kier molecular flexibility index (Phi) is 3.42. The molecule has 0 atom stereocenters. The first-order chi connectivity index (χ1) is 7.74. The number of hydrogen-bond acceptors (Lipinski definition) is 2. The molecule has 1 aromatic carbocycles. The monoisotopic (exact) mass is 233 g/mol. The molecule has 2 nitrogen and oxygen atoms in total. The predicted octanol–water partition coefficient (Wildman–Crippen LogP) is 3.62. The van der Waals surface area contributed by atoms with Gasteiger partial charge in [0.1, 0.15) is 12.4 Å². The Morgan fingerprint density at radius 3 is 2.88 bits per heavy atom. The fourth-order valence-electron chi connectivity index (χ4n) is 1.44. The summed E-state index contributed by atoms with van der Waals surface area (Å²) >= 11 is 5.94. The van der Waals surface area contributed by atoms with Gasteiger partial charge in [0.15, 0.2) is 0 Å². The van der Waals surface area contributed by atoms with Crippen molar-refractivity contribution in [3.63, 3.8) is 0 Å². The van der Waals surface area contributed by atoms with Crippen molar-refractivity contribution >= 4 is 11.6 Å². The maximum absolute atomic E-state index is 5.94. The second-order valence-corrected chi connectivity index (χ2v) is 4.05. The van der Waals surface area contributed by atoms with E-state index in [1.165, 1.54) is 0 Å². The van der Waals surface area contributed by atoms with Crippen LogP contribution in [0.5, 0.6) is 5.75 Å². The van der Waals surface area contributed by atoms with Gasteiger partial charge in [-0.15, -0.1) is 0 Å². The Balaban J connectivity index is 2.05. The van der Waals surface area contributed by atoms with E-state index in [1.54, 1.807) is 12.4 Å². The SMILES string of the molecule is Cc1cc(Cl)cc(OCc2cccnc2)c1. The van der Waals surface area contributed by atoms with E-state index in [1.807, 2.05) is 37.3 Å². The molecule has 0 amide bonds. The Hall–Kier alpha value is -1.54. The van der Waals surface area contributed by atoms with E-state index in [-0.39, 0.29) is 0 Å². The third-order valence-corrected chi connectivity index (χ3v) is 2.36. The van der Waals surface area contributed by atoms with Gasteiger partial charge in [0, 0.05) is 23.0 Å².